The van der Waals surface area contributed by atoms with Crippen LogP contribution in [0, 0.1) is 0 Å². The summed E-state index contributed by atoms with van der Waals surface area (Å²) in [6.07, 6.45) is 1.93. The molecule has 4 heteroatoms. The molecule has 2 N–H and O–H groups in total. The summed E-state index contributed by atoms with van der Waals surface area (Å²) in [5, 5.41) is 3.70. The first kappa shape index (κ1) is 15.7. The van der Waals surface area contributed by atoms with Crippen LogP contribution in [0.2, 0.25) is 0 Å². The van der Waals surface area contributed by atoms with Crippen molar-refractivity contribution in [1.82, 2.24) is 4.98 Å². The van der Waals surface area contributed by atoms with E-state index in [1.807, 2.05) is 24.4 Å². The average Bonchev–Trinajstić information content (AvgIpc) is 2.29. The Morgan fingerprint density at radius 1 is 0.706 bits per heavy atom. The molecule has 0 bridgehead atoms. The molecule has 0 aliphatic heterocycles. The van der Waals surface area contributed by atoms with Gasteiger partial charge in [0.25, 0.3) is 0 Å². The largest absolute Gasteiger partial charge is 0.412 e. The van der Waals surface area contributed by atoms with Crippen molar-refractivity contribution in [3.8, 4) is 0 Å². The maximum absolute atomic E-state index is 4.41. The van der Waals surface area contributed by atoms with Crippen LogP contribution in [0.15, 0.2) is 54.7 Å². The van der Waals surface area contributed by atoms with Crippen molar-refractivity contribution in [3.63, 3.8) is 0 Å². The molecule has 0 fully saturated rings. The van der Waals surface area contributed by atoms with Gasteiger partial charge in [0.2, 0.25) is 0 Å². The highest BCUT2D eigenvalue weighted by molar-refractivity contribution is 6.05. The van der Waals surface area contributed by atoms with Gasteiger partial charge in [-0.15, -0.1) is 24.8 Å². The standard InChI is InChI=1S/C13H9N.2ClH.H2O/c1-2-6-11-10(5-1)9-14-13-8-4-3-7-12(11)13;;;/h1-9H;2*1H;1H2. The third-order valence-electron chi connectivity index (χ3n) is 2.50. The molecular formula is C13H13Cl2NO. The number of rotatable bonds is 0. The highest BCUT2D eigenvalue weighted by Gasteiger charge is 1.98. The van der Waals surface area contributed by atoms with Gasteiger partial charge in [0.15, 0.2) is 0 Å². The first-order valence-corrected chi connectivity index (χ1v) is 4.68. The lowest BCUT2D eigenvalue weighted by Crippen LogP contribution is -1.80. The Labute approximate surface area is 112 Å². The van der Waals surface area contributed by atoms with Crippen LogP contribution >= 0.6 is 24.8 Å². The molecule has 2 aromatic carbocycles. The molecule has 0 radical (unpaired) electrons. The predicted octanol–water partition coefficient (Wildman–Crippen LogP) is 3.41. The number of hydrogen-bond acceptors (Lipinski definition) is 1. The maximum atomic E-state index is 4.41. The normalized spacial score (nSPS) is 8.94. The Bertz CT molecular complexity index is 558. The van der Waals surface area contributed by atoms with E-state index in [9.17, 15) is 0 Å². The average molecular weight is 270 g/mol. The highest BCUT2D eigenvalue weighted by Crippen LogP contribution is 2.22. The first-order valence-electron chi connectivity index (χ1n) is 4.68. The summed E-state index contributed by atoms with van der Waals surface area (Å²) in [5.74, 6) is 0. The molecule has 0 aliphatic carbocycles. The fourth-order valence-electron chi connectivity index (χ4n) is 1.81. The molecule has 2 nitrogen and oxygen atoms in total. The van der Waals surface area contributed by atoms with Gasteiger partial charge in [-0.05, 0) is 11.5 Å². The minimum atomic E-state index is 0. The summed E-state index contributed by atoms with van der Waals surface area (Å²) in [6, 6.07) is 16.6. The van der Waals surface area contributed by atoms with Crippen LogP contribution in [0.5, 0.6) is 0 Å². The second kappa shape index (κ2) is 6.40. The SMILES string of the molecule is Cl.Cl.O.c1ccc2c(c1)cnc1ccccc12. The Morgan fingerprint density at radius 3 is 2.06 bits per heavy atom. The Kier molecular flexibility index (Phi) is 5.89. The molecule has 0 amide bonds. The molecule has 3 rings (SSSR count). The van der Waals surface area contributed by atoms with Gasteiger partial charge in [0.05, 0.1) is 5.52 Å². The van der Waals surface area contributed by atoms with Crippen LogP contribution in [-0.2, 0) is 0 Å². The van der Waals surface area contributed by atoms with E-state index in [0.717, 1.165) is 5.52 Å². The van der Waals surface area contributed by atoms with Crippen molar-refractivity contribution in [2.24, 2.45) is 0 Å². The lowest BCUT2D eigenvalue weighted by molar-refractivity contribution is 0.824. The van der Waals surface area contributed by atoms with Gasteiger partial charge >= 0.3 is 0 Å². The maximum Gasteiger partial charge on any atom is 0.0708 e. The summed E-state index contributed by atoms with van der Waals surface area (Å²) >= 11 is 0. The van der Waals surface area contributed by atoms with Gasteiger partial charge in [0.1, 0.15) is 0 Å². The second-order valence-electron chi connectivity index (χ2n) is 3.36. The predicted molar refractivity (Wildman–Crippen MR) is 77.4 cm³/mol. The number of halogens is 2. The van der Waals surface area contributed by atoms with Crippen LogP contribution in [0.4, 0.5) is 0 Å². The molecule has 0 saturated carbocycles. The number of para-hydroxylation sites is 1. The quantitative estimate of drug-likeness (QED) is 0.577. The monoisotopic (exact) mass is 269 g/mol. The van der Waals surface area contributed by atoms with Gasteiger partial charge in [-0.1, -0.05) is 42.5 Å². The van der Waals surface area contributed by atoms with E-state index in [4.69, 9.17) is 0 Å². The van der Waals surface area contributed by atoms with E-state index < -0.39 is 0 Å². The highest BCUT2D eigenvalue weighted by atomic mass is 35.5. The lowest BCUT2D eigenvalue weighted by Gasteiger charge is -2.01. The molecular weight excluding hydrogens is 257 g/mol. The van der Waals surface area contributed by atoms with Crippen molar-refractivity contribution in [2.45, 2.75) is 0 Å². The van der Waals surface area contributed by atoms with Gasteiger partial charge < -0.3 is 5.48 Å². The van der Waals surface area contributed by atoms with Crippen LogP contribution < -0.4 is 0 Å². The lowest BCUT2D eigenvalue weighted by atomic mass is 10.1. The molecule has 90 valence electrons. The van der Waals surface area contributed by atoms with Crippen LogP contribution in [-0.4, -0.2) is 10.5 Å². The minimum Gasteiger partial charge on any atom is -0.412 e. The van der Waals surface area contributed by atoms with Crippen molar-refractivity contribution >= 4 is 46.5 Å². The molecule has 0 unspecified atom stereocenters. The summed E-state index contributed by atoms with van der Waals surface area (Å²) in [5.41, 5.74) is 1.06. The van der Waals surface area contributed by atoms with E-state index in [-0.39, 0.29) is 30.3 Å². The van der Waals surface area contributed by atoms with E-state index in [1.165, 1.54) is 16.2 Å². The van der Waals surface area contributed by atoms with Crippen molar-refractivity contribution < 1.29 is 5.48 Å². The molecule has 17 heavy (non-hydrogen) atoms. The third-order valence-corrected chi connectivity index (χ3v) is 2.50. The van der Waals surface area contributed by atoms with Crippen LogP contribution in [0.1, 0.15) is 0 Å². The number of fused-ring (bicyclic) bond motifs is 3. The smallest absolute Gasteiger partial charge is 0.0708 e. The number of aromatic nitrogens is 1. The third kappa shape index (κ3) is 2.67. The first-order chi connectivity index (χ1) is 6.95. The van der Waals surface area contributed by atoms with Gasteiger partial charge in [-0.3, -0.25) is 4.98 Å². The fourth-order valence-corrected chi connectivity index (χ4v) is 1.81. The molecule has 1 heterocycles. The summed E-state index contributed by atoms with van der Waals surface area (Å²) in [7, 11) is 0. The number of benzene rings is 2. The topological polar surface area (TPSA) is 44.4 Å². The molecule has 0 atom stereocenters. The van der Waals surface area contributed by atoms with Crippen molar-refractivity contribution in [3.05, 3.63) is 54.7 Å². The summed E-state index contributed by atoms with van der Waals surface area (Å²) < 4.78 is 0. The van der Waals surface area contributed by atoms with Crippen molar-refractivity contribution in [2.75, 3.05) is 0 Å². The number of hydrogen-bond donors (Lipinski definition) is 0. The molecule has 3 aromatic rings. The Hall–Kier alpha value is -1.35. The van der Waals surface area contributed by atoms with E-state index in [0.29, 0.717) is 0 Å². The molecule has 0 spiro atoms. The Morgan fingerprint density at radius 2 is 1.29 bits per heavy atom. The second-order valence-corrected chi connectivity index (χ2v) is 3.36. The summed E-state index contributed by atoms with van der Waals surface area (Å²) in [6.45, 7) is 0. The van der Waals surface area contributed by atoms with Crippen molar-refractivity contribution in [1.29, 1.82) is 0 Å². The van der Waals surface area contributed by atoms with Crippen LogP contribution in [0.25, 0.3) is 21.7 Å². The van der Waals surface area contributed by atoms with E-state index >= 15 is 0 Å². The van der Waals surface area contributed by atoms with Gasteiger partial charge in [0, 0.05) is 17.0 Å². The summed E-state index contributed by atoms with van der Waals surface area (Å²) in [4.78, 5) is 4.41. The molecule has 0 aliphatic rings. The minimum absolute atomic E-state index is 0. The molecule has 1 aromatic heterocycles. The zero-order valence-corrected chi connectivity index (χ0v) is 10.6. The Balaban J connectivity index is 0.000000853. The number of nitrogens with zero attached hydrogens (tertiary/aromatic N) is 1. The van der Waals surface area contributed by atoms with Gasteiger partial charge in [-0.25, -0.2) is 0 Å². The molecule has 0 saturated heterocycles. The zero-order chi connectivity index (χ0) is 9.38. The fraction of sp³-hybridized carbons (Fsp3) is 0. The van der Waals surface area contributed by atoms with Gasteiger partial charge in [-0.2, -0.15) is 0 Å². The van der Waals surface area contributed by atoms with E-state index in [2.05, 4.69) is 35.3 Å². The zero-order valence-electron chi connectivity index (χ0n) is 8.96. The van der Waals surface area contributed by atoms with E-state index in [1.54, 1.807) is 0 Å². The number of pyridine rings is 1. The van der Waals surface area contributed by atoms with Crippen LogP contribution in [0.3, 0.4) is 0 Å².